The lowest BCUT2D eigenvalue weighted by molar-refractivity contribution is -0.160. The molecule has 2 aromatic rings. The minimum absolute atomic E-state index is 0.0565. The molecule has 0 bridgehead atoms. The van der Waals surface area contributed by atoms with Crippen molar-refractivity contribution in [2.45, 2.75) is 50.2 Å². The summed E-state index contributed by atoms with van der Waals surface area (Å²) in [5.74, 6) is -0.367. The standard InChI is InChI=1S/C24H33ClN2O5S/c1-24(2,3)32-22(28)16-31-14-8-7-13-26-23-18-9-5-6-10-20(18)27(4)33(29,30)21-15-17(25)11-12-19(21)23/h5-6,9-12,15,23,26,29-30H,7-8,13-14,16H2,1-4H3. The largest absolute Gasteiger partial charge is 0.458 e. The molecular weight excluding hydrogens is 464 g/mol. The van der Waals surface area contributed by atoms with Gasteiger partial charge in [0, 0.05) is 18.7 Å². The summed E-state index contributed by atoms with van der Waals surface area (Å²) in [5, 5.41) is 4.01. The van der Waals surface area contributed by atoms with Crippen molar-refractivity contribution in [3.8, 4) is 0 Å². The van der Waals surface area contributed by atoms with Crippen molar-refractivity contribution in [2.24, 2.45) is 0 Å². The molecule has 7 nitrogen and oxygen atoms in total. The van der Waals surface area contributed by atoms with Crippen LogP contribution in [-0.2, 0) is 14.3 Å². The second-order valence-corrected chi connectivity index (χ2v) is 11.5. The molecule has 0 saturated heterocycles. The number of rotatable bonds is 8. The molecule has 0 aromatic heterocycles. The molecule has 9 heteroatoms. The highest BCUT2D eigenvalue weighted by atomic mass is 35.5. The van der Waals surface area contributed by atoms with Crippen LogP contribution in [-0.4, -0.2) is 47.5 Å². The van der Waals surface area contributed by atoms with Gasteiger partial charge in [-0.3, -0.25) is 13.4 Å². The second-order valence-electron chi connectivity index (χ2n) is 8.99. The van der Waals surface area contributed by atoms with E-state index in [9.17, 15) is 13.9 Å². The first-order chi connectivity index (χ1) is 15.5. The molecule has 1 unspecified atom stereocenters. The lowest BCUT2D eigenvalue weighted by atomic mass is 9.96. The zero-order chi connectivity index (χ0) is 24.2. The Morgan fingerprint density at radius 1 is 1.15 bits per heavy atom. The predicted octanol–water partition coefficient (Wildman–Crippen LogP) is 5.63. The van der Waals surface area contributed by atoms with Crippen molar-refractivity contribution in [1.29, 1.82) is 0 Å². The number of halogens is 1. The molecule has 0 saturated carbocycles. The van der Waals surface area contributed by atoms with E-state index in [2.05, 4.69) is 5.32 Å². The molecule has 0 spiro atoms. The molecule has 1 aliphatic heterocycles. The van der Waals surface area contributed by atoms with E-state index in [1.807, 2.05) is 51.1 Å². The molecule has 0 fully saturated rings. The monoisotopic (exact) mass is 496 g/mol. The van der Waals surface area contributed by atoms with E-state index < -0.39 is 16.4 Å². The number of anilines is 1. The molecule has 1 atom stereocenters. The van der Waals surface area contributed by atoms with E-state index in [1.54, 1.807) is 19.2 Å². The Bertz CT molecular complexity index is 980. The summed E-state index contributed by atoms with van der Waals surface area (Å²) in [6.07, 6.45) is 1.59. The molecular formula is C24H33ClN2O5S. The first kappa shape index (κ1) is 25.8. The molecule has 182 valence electrons. The van der Waals surface area contributed by atoms with Crippen LogP contribution in [0.1, 0.15) is 50.8 Å². The second kappa shape index (κ2) is 10.6. The quantitative estimate of drug-likeness (QED) is 0.322. The average Bonchev–Trinajstić information content (AvgIpc) is 2.80. The van der Waals surface area contributed by atoms with Crippen molar-refractivity contribution in [3.05, 3.63) is 58.6 Å². The first-order valence-electron chi connectivity index (χ1n) is 10.9. The van der Waals surface area contributed by atoms with E-state index in [4.69, 9.17) is 21.1 Å². The Labute approximate surface area is 202 Å². The Balaban J connectivity index is 1.65. The molecule has 3 N–H and O–H groups in total. The highest BCUT2D eigenvalue weighted by Gasteiger charge is 2.35. The Morgan fingerprint density at radius 2 is 1.88 bits per heavy atom. The number of carbonyl (C=O) groups excluding carboxylic acids is 1. The van der Waals surface area contributed by atoms with Crippen LogP contribution in [0.3, 0.4) is 0 Å². The summed E-state index contributed by atoms with van der Waals surface area (Å²) in [5.41, 5.74) is 1.98. The van der Waals surface area contributed by atoms with Gasteiger partial charge in [-0.15, -0.1) is 0 Å². The number of unbranched alkanes of at least 4 members (excludes halogenated alkanes) is 1. The lowest BCUT2D eigenvalue weighted by Gasteiger charge is -2.41. The summed E-state index contributed by atoms with van der Waals surface area (Å²) in [7, 11) is -1.56. The number of benzene rings is 2. The van der Waals surface area contributed by atoms with Crippen molar-refractivity contribution in [1.82, 2.24) is 5.32 Å². The third-order valence-corrected chi connectivity index (χ3v) is 7.39. The maximum atomic E-state index is 11.7. The zero-order valence-electron chi connectivity index (χ0n) is 19.5. The maximum Gasteiger partial charge on any atom is 0.332 e. The molecule has 2 aromatic carbocycles. The van der Waals surface area contributed by atoms with Gasteiger partial charge in [-0.05, 0) is 69.5 Å². The van der Waals surface area contributed by atoms with Gasteiger partial charge in [-0.2, -0.15) is 0 Å². The summed E-state index contributed by atoms with van der Waals surface area (Å²) < 4.78 is 34.3. The zero-order valence-corrected chi connectivity index (χ0v) is 21.1. The number of carbonyl (C=O) groups is 1. The summed E-state index contributed by atoms with van der Waals surface area (Å²) >= 11 is 6.20. The minimum atomic E-state index is -3.24. The van der Waals surface area contributed by atoms with Gasteiger partial charge in [0.1, 0.15) is 12.2 Å². The summed E-state index contributed by atoms with van der Waals surface area (Å²) in [6.45, 7) is 6.55. The highest BCUT2D eigenvalue weighted by Crippen LogP contribution is 2.59. The molecule has 0 amide bonds. The fourth-order valence-corrected chi connectivity index (χ4v) is 5.54. The van der Waals surface area contributed by atoms with E-state index in [0.717, 1.165) is 29.7 Å². The predicted molar refractivity (Wildman–Crippen MR) is 133 cm³/mol. The van der Waals surface area contributed by atoms with Gasteiger partial charge in [0.15, 0.2) is 0 Å². The summed E-state index contributed by atoms with van der Waals surface area (Å²) in [4.78, 5) is 12.1. The van der Waals surface area contributed by atoms with Crippen LogP contribution in [0.5, 0.6) is 0 Å². The van der Waals surface area contributed by atoms with Gasteiger partial charge in [0.2, 0.25) is 0 Å². The van der Waals surface area contributed by atoms with Gasteiger partial charge < -0.3 is 14.8 Å². The van der Waals surface area contributed by atoms with E-state index in [-0.39, 0.29) is 18.6 Å². The SMILES string of the molecule is CN1c2ccccc2C(NCCCCOCC(=O)OC(C)(C)C)c2ccc(Cl)cc2S1(O)O. The van der Waals surface area contributed by atoms with Gasteiger partial charge in [-0.1, -0.05) is 46.6 Å². The number of para-hydroxylation sites is 1. The molecule has 0 aliphatic carbocycles. The number of esters is 1. The number of hydrogen-bond acceptors (Lipinski definition) is 7. The molecule has 3 rings (SSSR count). The third kappa shape index (κ3) is 6.41. The van der Waals surface area contributed by atoms with Crippen LogP contribution >= 0.6 is 22.4 Å². The van der Waals surface area contributed by atoms with Crippen LogP contribution in [0.15, 0.2) is 47.4 Å². The number of hydrogen-bond donors (Lipinski definition) is 3. The Hall–Kier alpha value is -1.81. The first-order valence-corrected chi connectivity index (χ1v) is 12.8. The van der Waals surface area contributed by atoms with Crippen LogP contribution < -0.4 is 9.62 Å². The van der Waals surface area contributed by atoms with Crippen molar-refractivity contribution in [2.75, 3.05) is 31.1 Å². The number of ether oxygens (including phenoxy) is 2. The average molecular weight is 497 g/mol. The van der Waals surface area contributed by atoms with Crippen molar-refractivity contribution < 1.29 is 23.4 Å². The Kier molecular flexibility index (Phi) is 8.31. The van der Waals surface area contributed by atoms with Crippen molar-refractivity contribution >= 4 is 34.0 Å². The van der Waals surface area contributed by atoms with E-state index in [1.165, 1.54) is 4.31 Å². The van der Waals surface area contributed by atoms with Crippen molar-refractivity contribution in [3.63, 3.8) is 0 Å². The minimum Gasteiger partial charge on any atom is -0.458 e. The normalized spacial score (nSPS) is 18.2. The summed E-state index contributed by atoms with van der Waals surface area (Å²) in [6, 6.07) is 12.7. The number of nitrogens with zero attached hydrogens (tertiary/aromatic N) is 1. The highest BCUT2D eigenvalue weighted by molar-refractivity contribution is 8.25. The Morgan fingerprint density at radius 3 is 2.61 bits per heavy atom. The van der Waals surface area contributed by atoms with Crippen LogP contribution in [0.4, 0.5) is 5.69 Å². The molecule has 0 radical (unpaired) electrons. The number of nitrogens with one attached hydrogen (secondary N) is 1. The van der Waals surface area contributed by atoms with Crippen LogP contribution in [0, 0.1) is 0 Å². The lowest BCUT2D eigenvalue weighted by Crippen LogP contribution is -2.27. The fraction of sp³-hybridized carbons (Fsp3) is 0.458. The molecule has 33 heavy (non-hydrogen) atoms. The van der Waals surface area contributed by atoms with Gasteiger partial charge >= 0.3 is 5.97 Å². The van der Waals surface area contributed by atoms with Crippen LogP contribution in [0.2, 0.25) is 5.02 Å². The third-order valence-electron chi connectivity index (χ3n) is 5.25. The molecule has 1 aliphatic rings. The fourth-order valence-electron chi connectivity index (χ4n) is 3.78. The maximum absolute atomic E-state index is 11.7. The topological polar surface area (TPSA) is 91.3 Å². The van der Waals surface area contributed by atoms with E-state index in [0.29, 0.717) is 23.1 Å². The number of fused-ring (bicyclic) bond motifs is 2. The molecule has 1 heterocycles. The van der Waals surface area contributed by atoms with E-state index >= 15 is 0 Å². The van der Waals surface area contributed by atoms with Gasteiger partial charge in [0.25, 0.3) is 0 Å². The van der Waals surface area contributed by atoms with Gasteiger partial charge in [0.05, 0.1) is 16.6 Å². The smallest absolute Gasteiger partial charge is 0.332 e. The van der Waals surface area contributed by atoms with Crippen LogP contribution in [0.25, 0.3) is 0 Å². The van der Waals surface area contributed by atoms with Gasteiger partial charge in [-0.25, -0.2) is 4.79 Å².